The molecule has 22 aliphatic heterocycles. The molecule has 0 saturated carbocycles. The first-order valence-electron chi connectivity index (χ1n) is 25.6. The number of hydrogen-bond donors (Lipinski definition) is 17. The van der Waals surface area contributed by atoms with Crippen molar-refractivity contribution >= 4 is 16.7 Å². The second-order valence-corrected chi connectivity index (χ2v) is 20.1. The van der Waals surface area contributed by atoms with Crippen molar-refractivity contribution in [3.63, 3.8) is 0 Å². The molecule has 22 aliphatic rings. The smallest absolute Gasteiger partial charge is 0.344 e. The Morgan fingerprint density at radius 2 is 0.625 bits per heavy atom. The van der Waals surface area contributed by atoms with Crippen LogP contribution in [0, 0.1) is 0 Å². The Balaban J connectivity index is 1.00. The average molecular weight is 1160 g/mol. The molecule has 12 bridgehead atoms. The van der Waals surface area contributed by atoms with Gasteiger partial charge >= 0.3 is 5.97 Å². The summed E-state index contributed by atoms with van der Waals surface area (Å²) in [4.78, 5) is 13.2. The van der Waals surface area contributed by atoms with Crippen molar-refractivity contribution in [2.45, 2.75) is 184 Å². The van der Waals surface area contributed by atoms with Crippen LogP contribution in [0.25, 0.3) is 10.8 Å². The molecule has 22 saturated heterocycles. The van der Waals surface area contributed by atoms with E-state index in [4.69, 9.17) is 66.3 Å². The van der Waals surface area contributed by atoms with Crippen LogP contribution in [0.5, 0.6) is 5.75 Å². The largest absolute Gasteiger partial charge is 0.482 e. The van der Waals surface area contributed by atoms with Crippen LogP contribution in [-0.4, -0.2) is 323 Å². The van der Waals surface area contributed by atoms with E-state index in [-0.39, 0.29) is 5.75 Å². The number of rotatable bonds is 10. The van der Waals surface area contributed by atoms with Gasteiger partial charge in [-0.05, 0) is 22.9 Å². The molecule has 17 N–H and O–H groups in total. The van der Waals surface area contributed by atoms with E-state index in [9.17, 15) is 91.6 Å². The normalized spacial score (nSPS) is 47.6. The molecule has 0 unspecified atom stereocenters. The van der Waals surface area contributed by atoms with E-state index >= 15 is 0 Å². The highest BCUT2D eigenvalue weighted by molar-refractivity contribution is 5.83. The molecule has 80 heavy (non-hydrogen) atoms. The van der Waals surface area contributed by atoms with Crippen LogP contribution in [0.4, 0.5) is 0 Å². The molecule has 22 heterocycles. The van der Waals surface area contributed by atoms with Gasteiger partial charge in [0.15, 0.2) is 44.3 Å². The summed E-state index contributed by atoms with van der Waals surface area (Å²) in [7, 11) is 0. The van der Waals surface area contributed by atoms with Gasteiger partial charge in [0.05, 0.1) is 33.0 Å². The summed E-state index contributed by atoms with van der Waals surface area (Å²) < 4.78 is 80.4. The number of fused-ring (bicyclic) bond motifs is 1. The first kappa shape index (κ1) is 61.4. The third kappa shape index (κ3) is 12.5. The molecule has 32 heteroatoms. The van der Waals surface area contributed by atoms with Crippen LogP contribution in [0.15, 0.2) is 42.5 Å². The highest BCUT2D eigenvalue weighted by Gasteiger charge is 2.59. The molecule has 452 valence electrons. The standard InChI is InChI=1S/C48H68O32/c49-8-18-37-25(55)31(61)43(69-18)76-38-19(9-50)71-45(33(63)27(38)57)78-40-21(11-52)73-47(35(65)29(40)59)80-42-23(13-68-24(54)14-67-17-6-5-15-3-1-2-4-16(15)7-17)74-48(36(66)30(42)60)79-41-22(12-53)72-46(34(64)28(41)58)77-39-20(10-51)70-44(75-37)32(62)26(39)56/h1-7,18-23,25-53,55-66H,8-14H2/t18-,19-,20-,21-,22-,23-,25-,26-,27-,28-,29-,30-,31-,32-,33-,34-,35-,36-,37-,38-,39-,40-,41-,42-,43-,44-,45-,46-,47-,48-/m1/s1. The lowest BCUT2D eigenvalue weighted by atomic mass is 9.94. The van der Waals surface area contributed by atoms with E-state index in [1.165, 1.54) is 0 Å². The van der Waals surface area contributed by atoms with Gasteiger partial charge in [0.2, 0.25) is 0 Å². The number of benzene rings is 2. The van der Waals surface area contributed by atoms with Crippen LogP contribution in [0.3, 0.4) is 0 Å². The third-order valence-electron chi connectivity index (χ3n) is 15.0. The van der Waals surface area contributed by atoms with Gasteiger partial charge in [-0.3, -0.25) is 0 Å². The molecule has 32 nitrogen and oxygen atoms in total. The van der Waals surface area contributed by atoms with E-state index in [0.717, 1.165) is 10.8 Å². The highest BCUT2D eigenvalue weighted by atomic mass is 16.8. The van der Waals surface area contributed by atoms with Crippen LogP contribution in [-0.2, 0) is 66.4 Å². The minimum atomic E-state index is -2.24. The highest BCUT2D eigenvalue weighted by Crippen LogP contribution is 2.38. The zero-order valence-corrected chi connectivity index (χ0v) is 42.0. The van der Waals surface area contributed by atoms with Crippen LogP contribution in [0.2, 0.25) is 0 Å². The molecule has 2 aromatic rings. The fourth-order valence-electron chi connectivity index (χ4n) is 10.5. The van der Waals surface area contributed by atoms with Crippen molar-refractivity contribution in [3.8, 4) is 5.75 Å². The van der Waals surface area contributed by atoms with Gasteiger partial charge in [0.25, 0.3) is 0 Å². The Bertz CT molecular complexity index is 2290. The molecule has 30 atom stereocenters. The predicted octanol–water partition coefficient (Wildman–Crippen LogP) is -10.3. The van der Waals surface area contributed by atoms with Crippen molar-refractivity contribution in [2.24, 2.45) is 0 Å². The maximum Gasteiger partial charge on any atom is 0.344 e. The number of ether oxygens (including phenoxy) is 14. The van der Waals surface area contributed by atoms with Crippen molar-refractivity contribution in [3.05, 3.63) is 42.5 Å². The molecule has 24 rings (SSSR count). The van der Waals surface area contributed by atoms with Gasteiger partial charge in [0.1, 0.15) is 159 Å². The van der Waals surface area contributed by atoms with E-state index in [1.807, 2.05) is 18.2 Å². The molecule has 2 aromatic carbocycles. The Morgan fingerprint density at radius 1 is 0.350 bits per heavy atom. The first-order chi connectivity index (χ1) is 38.3. The summed E-state index contributed by atoms with van der Waals surface area (Å²) in [5.74, 6) is -0.737. The molecular weight excluding hydrogens is 1090 g/mol. The van der Waals surface area contributed by atoms with Crippen LogP contribution < -0.4 is 4.74 Å². The molecule has 0 aliphatic carbocycles. The Hall–Kier alpha value is -3.19. The van der Waals surface area contributed by atoms with E-state index in [1.54, 1.807) is 24.3 Å². The quantitative estimate of drug-likeness (QED) is 0.0982. The summed E-state index contributed by atoms with van der Waals surface area (Å²) in [6.45, 7) is -6.71. The number of hydrogen-bond acceptors (Lipinski definition) is 32. The van der Waals surface area contributed by atoms with E-state index in [0.29, 0.717) is 0 Å². The summed E-state index contributed by atoms with van der Waals surface area (Å²) in [6.07, 6.45) is -60.2. The lowest BCUT2D eigenvalue weighted by Gasteiger charge is -2.50. The zero-order chi connectivity index (χ0) is 57.4. The number of aliphatic hydroxyl groups excluding tert-OH is 17. The van der Waals surface area contributed by atoms with Gasteiger partial charge in [-0.15, -0.1) is 0 Å². The van der Waals surface area contributed by atoms with E-state index in [2.05, 4.69) is 0 Å². The summed E-state index contributed by atoms with van der Waals surface area (Å²) in [5, 5.41) is 191. The summed E-state index contributed by atoms with van der Waals surface area (Å²) >= 11 is 0. The third-order valence-corrected chi connectivity index (χ3v) is 15.0. The predicted molar refractivity (Wildman–Crippen MR) is 249 cm³/mol. The number of esters is 1. The molecule has 0 spiro atoms. The van der Waals surface area contributed by atoms with Crippen molar-refractivity contribution in [2.75, 3.05) is 46.2 Å². The maximum absolute atomic E-state index is 13.2. The van der Waals surface area contributed by atoms with Gasteiger partial charge in [-0.25, -0.2) is 4.79 Å². The summed E-state index contributed by atoms with van der Waals surface area (Å²) in [6, 6.07) is 12.3. The number of aliphatic hydroxyl groups is 17. The zero-order valence-electron chi connectivity index (χ0n) is 42.0. The topological polar surface area (TPSA) is 490 Å². The minimum absolute atomic E-state index is 0.281. The van der Waals surface area contributed by atoms with Crippen molar-refractivity contribution < 1.29 is 158 Å². The molecule has 0 amide bonds. The second kappa shape index (κ2) is 26.4. The lowest BCUT2D eigenvalue weighted by molar-refractivity contribution is -0.404. The Morgan fingerprint density at radius 3 is 0.925 bits per heavy atom. The molecular formula is C48H68O32. The van der Waals surface area contributed by atoms with E-state index < -0.39 is 236 Å². The molecule has 0 radical (unpaired) electrons. The van der Waals surface area contributed by atoms with Gasteiger partial charge in [-0.1, -0.05) is 30.3 Å². The second-order valence-electron chi connectivity index (χ2n) is 20.1. The average Bonchev–Trinajstić information content (AvgIpc) is 3.50. The molecule has 0 aromatic heterocycles. The fraction of sp³-hybridized carbons (Fsp3) is 0.771. The van der Waals surface area contributed by atoms with Gasteiger partial charge < -0.3 is 153 Å². The lowest BCUT2D eigenvalue weighted by Crippen LogP contribution is -2.69. The van der Waals surface area contributed by atoms with Crippen LogP contribution in [0.1, 0.15) is 0 Å². The SMILES string of the molecule is O=C(COc1ccc2ccccc2c1)OC[C@H]1O[C@@H]2O[C@H]3[C@H](O)[C@@H](O)[C@@H](O[C@H]4[C@H](O)[C@@H](O)[C@@H](O[C@H]5[C@H](O)[C@@H](O)[C@@H](O[C@H]6[C@H](O)[C@@H](O)[C@@H](O[C@H]7[C@H](O)[C@@H](O)[C@@H](O[C@H]1[C@H](O)[C@H]2O)O[C@@H]7CO)O[C@@H]6CO)O[C@@H]5CO)O[C@@H]4CO)O[C@@H]3CO. The first-order valence-corrected chi connectivity index (χ1v) is 25.6. The fourth-order valence-corrected chi connectivity index (χ4v) is 10.5. The summed E-state index contributed by atoms with van der Waals surface area (Å²) in [5.41, 5.74) is 0. The Labute approximate surface area is 452 Å². The van der Waals surface area contributed by atoms with Crippen LogP contribution >= 0.6 is 0 Å². The minimum Gasteiger partial charge on any atom is -0.482 e. The number of carbonyl (C=O) groups is 1. The molecule has 22 fully saturated rings. The van der Waals surface area contributed by atoms with Crippen molar-refractivity contribution in [1.29, 1.82) is 0 Å². The van der Waals surface area contributed by atoms with Crippen molar-refractivity contribution in [1.82, 2.24) is 0 Å². The maximum atomic E-state index is 13.2. The Kier molecular flexibility index (Phi) is 20.2. The van der Waals surface area contributed by atoms with Gasteiger partial charge in [-0.2, -0.15) is 0 Å². The number of carbonyl (C=O) groups excluding carboxylic acids is 1. The van der Waals surface area contributed by atoms with Gasteiger partial charge in [0, 0.05) is 0 Å². The monoisotopic (exact) mass is 1160 g/mol.